The van der Waals surface area contributed by atoms with Gasteiger partial charge in [0.15, 0.2) is 11.5 Å². The van der Waals surface area contributed by atoms with Crippen molar-refractivity contribution in [3.8, 4) is 17.2 Å². The van der Waals surface area contributed by atoms with Gasteiger partial charge in [0.2, 0.25) is 0 Å². The molecule has 0 bridgehead atoms. The summed E-state index contributed by atoms with van der Waals surface area (Å²) in [7, 11) is 4.87. The summed E-state index contributed by atoms with van der Waals surface area (Å²) in [4.78, 5) is 0. The molecular weight excluding hydrogens is 280 g/mol. The van der Waals surface area contributed by atoms with Gasteiger partial charge >= 0.3 is 0 Å². The molecule has 2 rings (SSSR count). The van der Waals surface area contributed by atoms with E-state index in [0.29, 0.717) is 11.5 Å². The number of methoxy groups -OCH3 is 3. The molecule has 0 saturated heterocycles. The van der Waals surface area contributed by atoms with E-state index in [1.165, 1.54) is 5.56 Å². The van der Waals surface area contributed by atoms with Gasteiger partial charge in [-0.25, -0.2) is 0 Å². The van der Waals surface area contributed by atoms with E-state index in [1.54, 1.807) is 21.3 Å². The second kappa shape index (κ2) is 7.71. The molecule has 0 aliphatic rings. The maximum absolute atomic E-state index is 9.56. The number of aliphatic hydroxyl groups excluding tert-OH is 1. The van der Waals surface area contributed by atoms with Crippen LogP contribution in [0.2, 0.25) is 0 Å². The summed E-state index contributed by atoms with van der Waals surface area (Å²) >= 11 is 0. The highest BCUT2D eigenvalue weighted by molar-refractivity contribution is 5.47. The van der Waals surface area contributed by atoms with Gasteiger partial charge < -0.3 is 19.3 Å². The van der Waals surface area contributed by atoms with Crippen LogP contribution in [-0.2, 0) is 19.4 Å². The van der Waals surface area contributed by atoms with Crippen molar-refractivity contribution in [3.05, 3.63) is 53.1 Å². The molecule has 22 heavy (non-hydrogen) atoms. The van der Waals surface area contributed by atoms with E-state index >= 15 is 0 Å². The van der Waals surface area contributed by atoms with Gasteiger partial charge in [-0.3, -0.25) is 0 Å². The Labute approximate surface area is 131 Å². The molecule has 0 unspecified atom stereocenters. The minimum atomic E-state index is -0.0200. The van der Waals surface area contributed by atoms with Gasteiger partial charge in [0.05, 0.1) is 27.9 Å². The molecule has 0 heterocycles. The molecule has 0 atom stereocenters. The number of benzene rings is 2. The van der Waals surface area contributed by atoms with E-state index in [9.17, 15) is 5.11 Å². The predicted octanol–water partition coefficient (Wildman–Crippen LogP) is 2.99. The smallest absolute Gasteiger partial charge is 0.161 e. The van der Waals surface area contributed by atoms with E-state index in [0.717, 1.165) is 29.7 Å². The zero-order valence-corrected chi connectivity index (χ0v) is 13.3. The van der Waals surface area contributed by atoms with Crippen LogP contribution in [-0.4, -0.2) is 26.4 Å². The molecule has 0 aliphatic heterocycles. The number of hydrogen-bond acceptors (Lipinski definition) is 4. The third-order valence-corrected chi connectivity index (χ3v) is 3.69. The highest BCUT2D eigenvalue weighted by Crippen LogP contribution is 2.31. The highest BCUT2D eigenvalue weighted by atomic mass is 16.5. The standard InChI is InChI=1S/C18H22O4/c1-20-16-6-4-5-13(9-16)7-8-14-10-17(21-2)18(22-3)11-15(14)12-19/h4-6,9-11,19H,7-8,12H2,1-3H3. The minimum absolute atomic E-state index is 0.0200. The molecule has 2 aromatic rings. The number of aryl methyl sites for hydroxylation is 2. The summed E-state index contributed by atoms with van der Waals surface area (Å²) in [5.74, 6) is 2.17. The van der Waals surface area contributed by atoms with Gasteiger partial charge in [0.1, 0.15) is 5.75 Å². The van der Waals surface area contributed by atoms with E-state index in [1.807, 2.05) is 30.3 Å². The average Bonchev–Trinajstić information content (AvgIpc) is 2.59. The SMILES string of the molecule is COc1cccc(CCc2cc(OC)c(OC)cc2CO)c1. The van der Waals surface area contributed by atoms with E-state index in [-0.39, 0.29) is 6.61 Å². The Balaban J connectivity index is 2.20. The summed E-state index contributed by atoms with van der Waals surface area (Å²) in [6.45, 7) is -0.0200. The van der Waals surface area contributed by atoms with E-state index in [2.05, 4.69) is 6.07 Å². The molecule has 0 fully saturated rings. The van der Waals surface area contributed by atoms with Gasteiger partial charge in [-0.2, -0.15) is 0 Å². The monoisotopic (exact) mass is 302 g/mol. The second-order valence-electron chi connectivity index (χ2n) is 4.99. The first kappa shape index (κ1) is 16.2. The molecule has 4 nitrogen and oxygen atoms in total. The van der Waals surface area contributed by atoms with E-state index in [4.69, 9.17) is 14.2 Å². The van der Waals surface area contributed by atoms with Crippen molar-refractivity contribution in [2.75, 3.05) is 21.3 Å². The quantitative estimate of drug-likeness (QED) is 0.854. The maximum atomic E-state index is 9.56. The first-order valence-electron chi connectivity index (χ1n) is 7.19. The van der Waals surface area contributed by atoms with Gasteiger partial charge in [-0.1, -0.05) is 12.1 Å². The molecule has 0 aliphatic carbocycles. The number of hydrogen-bond donors (Lipinski definition) is 1. The van der Waals surface area contributed by atoms with Crippen molar-refractivity contribution in [1.29, 1.82) is 0 Å². The first-order valence-corrected chi connectivity index (χ1v) is 7.19. The molecule has 0 saturated carbocycles. The van der Waals surface area contributed by atoms with Crippen LogP contribution in [0.25, 0.3) is 0 Å². The van der Waals surface area contributed by atoms with Crippen LogP contribution in [0.1, 0.15) is 16.7 Å². The van der Waals surface area contributed by atoms with Crippen molar-refractivity contribution < 1.29 is 19.3 Å². The molecular formula is C18H22O4. The third kappa shape index (κ3) is 3.71. The molecule has 0 radical (unpaired) electrons. The Morgan fingerprint density at radius 2 is 1.50 bits per heavy atom. The first-order chi connectivity index (χ1) is 10.7. The van der Waals surface area contributed by atoms with Gasteiger partial charge in [0.25, 0.3) is 0 Å². The van der Waals surface area contributed by atoms with Crippen molar-refractivity contribution in [3.63, 3.8) is 0 Å². The third-order valence-electron chi connectivity index (χ3n) is 3.69. The normalized spacial score (nSPS) is 10.4. The fourth-order valence-corrected chi connectivity index (χ4v) is 2.45. The van der Waals surface area contributed by atoms with Gasteiger partial charge in [0, 0.05) is 0 Å². The van der Waals surface area contributed by atoms with Gasteiger partial charge in [-0.15, -0.1) is 0 Å². The summed E-state index contributed by atoms with van der Waals surface area (Å²) < 4.78 is 15.9. The van der Waals surface area contributed by atoms with Crippen LogP contribution < -0.4 is 14.2 Å². The Bertz CT molecular complexity index is 622. The topological polar surface area (TPSA) is 47.9 Å². The maximum Gasteiger partial charge on any atom is 0.161 e. The van der Waals surface area contributed by atoms with Crippen LogP contribution in [0.5, 0.6) is 17.2 Å². The highest BCUT2D eigenvalue weighted by Gasteiger charge is 2.11. The summed E-state index contributed by atoms with van der Waals surface area (Å²) in [5.41, 5.74) is 3.11. The Morgan fingerprint density at radius 3 is 2.09 bits per heavy atom. The zero-order valence-electron chi connectivity index (χ0n) is 13.3. The molecule has 118 valence electrons. The lowest BCUT2D eigenvalue weighted by atomic mass is 9.99. The van der Waals surface area contributed by atoms with Crippen molar-refractivity contribution in [2.24, 2.45) is 0 Å². The largest absolute Gasteiger partial charge is 0.497 e. The van der Waals surface area contributed by atoms with Crippen molar-refractivity contribution in [1.82, 2.24) is 0 Å². The lowest BCUT2D eigenvalue weighted by Gasteiger charge is -2.14. The Hall–Kier alpha value is -2.20. The molecule has 0 spiro atoms. The molecule has 4 heteroatoms. The Morgan fingerprint density at radius 1 is 0.818 bits per heavy atom. The van der Waals surface area contributed by atoms with Crippen LogP contribution in [0.15, 0.2) is 36.4 Å². The molecule has 0 amide bonds. The average molecular weight is 302 g/mol. The fourth-order valence-electron chi connectivity index (χ4n) is 2.45. The Kier molecular flexibility index (Phi) is 5.67. The van der Waals surface area contributed by atoms with Crippen LogP contribution in [0, 0.1) is 0 Å². The molecule has 1 N–H and O–H groups in total. The van der Waals surface area contributed by atoms with Crippen LogP contribution in [0.4, 0.5) is 0 Å². The van der Waals surface area contributed by atoms with Crippen molar-refractivity contribution >= 4 is 0 Å². The lowest BCUT2D eigenvalue weighted by Crippen LogP contribution is -2.01. The van der Waals surface area contributed by atoms with Crippen LogP contribution >= 0.6 is 0 Å². The summed E-state index contributed by atoms with van der Waals surface area (Å²) in [6.07, 6.45) is 1.67. The number of ether oxygens (including phenoxy) is 3. The summed E-state index contributed by atoms with van der Waals surface area (Å²) in [6, 6.07) is 11.8. The molecule has 2 aromatic carbocycles. The predicted molar refractivity (Wildman–Crippen MR) is 85.9 cm³/mol. The zero-order chi connectivity index (χ0) is 15.9. The van der Waals surface area contributed by atoms with E-state index < -0.39 is 0 Å². The lowest BCUT2D eigenvalue weighted by molar-refractivity contribution is 0.279. The number of rotatable bonds is 7. The van der Waals surface area contributed by atoms with Gasteiger partial charge in [-0.05, 0) is 53.8 Å². The number of aliphatic hydroxyl groups is 1. The fraction of sp³-hybridized carbons (Fsp3) is 0.333. The minimum Gasteiger partial charge on any atom is -0.497 e. The van der Waals surface area contributed by atoms with Crippen molar-refractivity contribution in [2.45, 2.75) is 19.4 Å². The molecule has 0 aromatic heterocycles. The second-order valence-corrected chi connectivity index (χ2v) is 4.99. The van der Waals surface area contributed by atoms with Crippen LogP contribution in [0.3, 0.4) is 0 Å². The summed E-state index contributed by atoms with van der Waals surface area (Å²) in [5, 5.41) is 9.56.